The highest BCUT2D eigenvalue weighted by molar-refractivity contribution is 9.28. The van der Waals surface area contributed by atoms with Crippen LogP contribution in [-0.2, 0) is 0 Å². The average molecular weight is 309 g/mol. The van der Waals surface area contributed by atoms with Crippen LogP contribution in [0.1, 0.15) is 5.56 Å². The molecule has 1 aromatic heterocycles. The van der Waals surface area contributed by atoms with Crippen molar-refractivity contribution in [3.63, 3.8) is 0 Å². The molecule has 1 heterocycles. The molecule has 1 rings (SSSR count). The van der Waals surface area contributed by atoms with Crippen LogP contribution in [0.4, 0.5) is 0 Å². The molecular formula is C8H7Br2NS. The molecule has 64 valence electrons. The largest absolute Gasteiger partial charge is 0.249 e. The molecule has 0 saturated heterocycles. The third kappa shape index (κ3) is 2.92. The van der Waals surface area contributed by atoms with Gasteiger partial charge in [0.05, 0.1) is 3.39 Å². The van der Waals surface area contributed by atoms with Crippen molar-refractivity contribution in [3.05, 3.63) is 27.3 Å². The van der Waals surface area contributed by atoms with Gasteiger partial charge in [0, 0.05) is 11.8 Å². The van der Waals surface area contributed by atoms with Crippen molar-refractivity contribution in [2.45, 2.75) is 5.03 Å². The lowest BCUT2D eigenvalue weighted by Crippen LogP contribution is -1.82. The van der Waals surface area contributed by atoms with Gasteiger partial charge >= 0.3 is 0 Å². The van der Waals surface area contributed by atoms with Gasteiger partial charge in [0.25, 0.3) is 0 Å². The number of pyridine rings is 1. The van der Waals surface area contributed by atoms with Gasteiger partial charge in [0.2, 0.25) is 0 Å². The van der Waals surface area contributed by atoms with Crippen molar-refractivity contribution >= 4 is 49.7 Å². The van der Waals surface area contributed by atoms with Gasteiger partial charge in [-0.05, 0) is 50.3 Å². The standard InChI is InChI=1S/C8H7Br2NS/c1-12-8-6(5-7(9)10)3-2-4-11-8/h2-5H,1H3. The van der Waals surface area contributed by atoms with Crippen LogP contribution in [-0.4, -0.2) is 11.2 Å². The van der Waals surface area contributed by atoms with E-state index in [1.807, 2.05) is 24.5 Å². The summed E-state index contributed by atoms with van der Waals surface area (Å²) in [5.41, 5.74) is 1.12. The number of nitrogens with zero attached hydrogens (tertiary/aromatic N) is 1. The maximum absolute atomic E-state index is 4.23. The molecule has 0 atom stereocenters. The third-order valence-electron chi connectivity index (χ3n) is 1.26. The molecule has 0 saturated carbocycles. The SMILES string of the molecule is CSc1ncccc1C=C(Br)Br. The first-order chi connectivity index (χ1) is 5.74. The van der Waals surface area contributed by atoms with Crippen molar-refractivity contribution in [2.75, 3.05) is 6.26 Å². The lowest BCUT2D eigenvalue weighted by molar-refractivity contribution is 1.12. The number of hydrogen-bond acceptors (Lipinski definition) is 2. The fourth-order valence-corrected chi connectivity index (χ4v) is 1.82. The van der Waals surface area contributed by atoms with E-state index in [2.05, 4.69) is 36.8 Å². The van der Waals surface area contributed by atoms with E-state index in [1.165, 1.54) is 0 Å². The molecule has 1 aromatic rings. The number of thioether (sulfide) groups is 1. The normalized spacial score (nSPS) is 9.58. The van der Waals surface area contributed by atoms with Crippen molar-refractivity contribution in [1.82, 2.24) is 4.98 Å². The molecule has 0 spiro atoms. The Morgan fingerprint density at radius 1 is 1.58 bits per heavy atom. The number of aromatic nitrogens is 1. The maximum atomic E-state index is 4.23. The second-order valence-corrected chi connectivity index (χ2v) is 5.60. The number of rotatable bonds is 2. The molecule has 4 heteroatoms. The maximum Gasteiger partial charge on any atom is 0.103 e. The minimum absolute atomic E-state index is 0.929. The summed E-state index contributed by atoms with van der Waals surface area (Å²) in [6, 6.07) is 3.95. The Labute approximate surface area is 92.9 Å². The predicted octanol–water partition coefficient (Wildman–Crippen LogP) is 3.89. The lowest BCUT2D eigenvalue weighted by Gasteiger charge is -1.99. The third-order valence-corrected chi connectivity index (χ3v) is 2.44. The van der Waals surface area contributed by atoms with Crippen LogP contribution < -0.4 is 0 Å². The van der Waals surface area contributed by atoms with E-state index in [-0.39, 0.29) is 0 Å². The van der Waals surface area contributed by atoms with Crippen molar-refractivity contribution in [2.24, 2.45) is 0 Å². The van der Waals surface area contributed by atoms with Crippen LogP contribution >= 0.6 is 43.6 Å². The highest BCUT2D eigenvalue weighted by atomic mass is 79.9. The van der Waals surface area contributed by atoms with Gasteiger partial charge in [-0.3, -0.25) is 0 Å². The summed E-state index contributed by atoms with van der Waals surface area (Å²) in [6.45, 7) is 0. The van der Waals surface area contributed by atoms with Crippen molar-refractivity contribution in [1.29, 1.82) is 0 Å². The van der Waals surface area contributed by atoms with Crippen LogP contribution in [0.2, 0.25) is 0 Å². The second-order valence-electron chi connectivity index (χ2n) is 2.04. The summed E-state index contributed by atoms with van der Waals surface area (Å²) in [5.74, 6) is 0. The fourth-order valence-electron chi connectivity index (χ4n) is 0.801. The Hall–Kier alpha value is 0.200. The molecule has 0 fully saturated rings. The van der Waals surface area contributed by atoms with Crippen LogP contribution in [0.5, 0.6) is 0 Å². The Balaban J connectivity index is 3.05. The van der Waals surface area contributed by atoms with E-state index in [0.717, 1.165) is 14.0 Å². The molecule has 0 unspecified atom stereocenters. The van der Waals surface area contributed by atoms with Gasteiger partial charge in [-0.15, -0.1) is 11.8 Å². The quantitative estimate of drug-likeness (QED) is 0.769. The van der Waals surface area contributed by atoms with E-state index in [9.17, 15) is 0 Å². The Bertz CT molecular complexity index is 295. The zero-order valence-corrected chi connectivity index (χ0v) is 10.4. The monoisotopic (exact) mass is 307 g/mol. The molecule has 0 aliphatic carbocycles. The lowest BCUT2D eigenvalue weighted by atomic mass is 10.3. The molecule has 0 aliphatic heterocycles. The van der Waals surface area contributed by atoms with Crippen molar-refractivity contribution < 1.29 is 0 Å². The number of hydrogen-bond donors (Lipinski definition) is 0. The zero-order valence-electron chi connectivity index (χ0n) is 6.42. The summed E-state index contributed by atoms with van der Waals surface area (Å²) in [7, 11) is 0. The average Bonchev–Trinajstić information content (AvgIpc) is 2.04. The van der Waals surface area contributed by atoms with Crippen LogP contribution in [0.15, 0.2) is 26.7 Å². The fraction of sp³-hybridized carbons (Fsp3) is 0.125. The van der Waals surface area contributed by atoms with Gasteiger partial charge < -0.3 is 0 Å². The molecule has 0 radical (unpaired) electrons. The summed E-state index contributed by atoms with van der Waals surface area (Å²) in [4.78, 5) is 4.23. The zero-order chi connectivity index (χ0) is 8.97. The van der Waals surface area contributed by atoms with E-state index in [0.29, 0.717) is 0 Å². The molecular weight excluding hydrogens is 302 g/mol. The first-order valence-electron chi connectivity index (χ1n) is 3.25. The highest BCUT2D eigenvalue weighted by Gasteiger charge is 1.97. The molecule has 0 bridgehead atoms. The van der Waals surface area contributed by atoms with E-state index < -0.39 is 0 Å². The van der Waals surface area contributed by atoms with Gasteiger partial charge in [0.1, 0.15) is 5.03 Å². The summed E-state index contributed by atoms with van der Waals surface area (Å²) in [6.07, 6.45) is 5.80. The molecule has 0 N–H and O–H groups in total. The van der Waals surface area contributed by atoms with Crippen LogP contribution in [0.3, 0.4) is 0 Å². The Morgan fingerprint density at radius 2 is 2.33 bits per heavy atom. The Morgan fingerprint density at radius 3 is 2.92 bits per heavy atom. The minimum Gasteiger partial charge on any atom is -0.249 e. The molecule has 0 aliphatic rings. The van der Waals surface area contributed by atoms with E-state index in [4.69, 9.17) is 0 Å². The summed E-state index contributed by atoms with van der Waals surface area (Å²) < 4.78 is 0.929. The smallest absolute Gasteiger partial charge is 0.103 e. The first kappa shape index (κ1) is 10.3. The Kier molecular flexibility index (Phi) is 4.32. The van der Waals surface area contributed by atoms with Gasteiger partial charge in [-0.1, -0.05) is 6.07 Å². The molecule has 0 aromatic carbocycles. The topological polar surface area (TPSA) is 12.9 Å². The van der Waals surface area contributed by atoms with E-state index in [1.54, 1.807) is 18.0 Å². The van der Waals surface area contributed by atoms with Crippen LogP contribution in [0, 0.1) is 0 Å². The van der Waals surface area contributed by atoms with Gasteiger partial charge in [-0.25, -0.2) is 4.98 Å². The van der Waals surface area contributed by atoms with Gasteiger partial charge in [-0.2, -0.15) is 0 Å². The highest BCUT2D eigenvalue weighted by Crippen LogP contribution is 2.23. The number of halogens is 2. The molecule has 1 nitrogen and oxygen atoms in total. The van der Waals surface area contributed by atoms with E-state index >= 15 is 0 Å². The summed E-state index contributed by atoms with van der Waals surface area (Å²) >= 11 is 8.27. The molecule has 0 amide bonds. The molecule has 12 heavy (non-hydrogen) atoms. The van der Waals surface area contributed by atoms with Crippen LogP contribution in [0.25, 0.3) is 6.08 Å². The predicted molar refractivity (Wildman–Crippen MR) is 61.8 cm³/mol. The first-order valence-corrected chi connectivity index (χ1v) is 6.07. The minimum atomic E-state index is 0.929. The van der Waals surface area contributed by atoms with Gasteiger partial charge in [0.15, 0.2) is 0 Å². The summed E-state index contributed by atoms with van der Waals surface area (Å²) in [5, 5.41) is 1.04. The second kappa shape index (κ2) is 5.04. The van der Waals surface area contributed by atoms with Crippen molar-refractivity contribution in [3.8, 4) is 0 Å².